The van der Waals surface area contributed by atoms with E-state index < -0.39 is 9.84 Å². The number of fused-ring (bicyclic) bond motifs is 1. The zero-order chi connectivity index (χ0) is 17.5. The summed E-state index contributed by atoms with van der Waals surface area (Å²) in [6.45, 7) is 5.83. The molecule has 0 aliphatic carbocycles. The molecule has 6 nitrogen and oxygen atoms in total. The molecule has 24 heavy (non-hydrogen) atoms. The number of aromatic nitrogens is 2. The summed E-state index contributed by atoms with van der Waals surface area (Å²) in [6.07, 6.45) is 2.65. The van der Waals surface area contributed by atoms with Crippen molar-refractivity contribution in [2.75, 3.05) is 11.6 Å². The quantitative estimate of drug-likeness (QED) is 0.780. The van der Waals surface area contributed by atoms with Crippen LogP contribution < -0.4 is 5.32 Å². The average molecular weight is 345 g/mol. The predicted octanol–water partition coefficient (Wildman–Crippen LogP) is 3.42. The number of aryl methyl sites for hydroxylation is 2. The topological polar surface area (TPSA) is 85.1 Å². The number of nitrogens with zero attached hydrogens (tertiary/aromatic N) is 2. The fraction of sp³-hybridized carbons (Fsp3) is 0.294. The summed E-state index contributed by atoms with van der Waals surface area (Å²) in [5, 5.41) is 4.00. The van der Waals surface area contributed by atoms with Crippen molar-refractivity contribution in [3.05, 3.63) is 47.7 Å². The lowest BCUT2D eigenvalue weighted by atomic mass is 10.1. The van der Waals surface area contributed by atoms with Crippen LogP contribution in [0, 0.1) is 13.8 Å². The number of anilines is 1. The largest absolute Gasteiger partial charge is 0.466 e. The van der Waals surface area contributed by atoms with Crippen molar-refractivity contribution < 1.29 is 12.8 Å². The van der Waals surface area contributed by atoms with Crippen LogP contribution in [0.25, 0.3) is 10.9 Å². The molecule has 2 heterocycles. The number of rotatable bonds is 4. The van der Waals surface area contributed by atoms with E-state index in [0.29, 0.717) is 16.7 Å². The van der Waals surface area contributed by atoms with Gasteiger partial charge >= 0.3 is 0 Å². The molecule has 1 unspecified atom stereocenters. The van der Waals surface area contributed by atoms with Gasteiger partial charge < -0.3 is 9.73 Å². The summed E-state index contributed by atoms with van der Waals surface area (Å²) >= 11 is 0. The molecule has 0 aliphatic rings. The van der Waals surface area contributed by atoms with Crippen LogP contribution in [0.15, 0.2) is 39.9 Å². The second-order valence-electron chi connectivity index (χ2n) is 5.91. The predicted molar refractivity (Wildman–Crippen MR) is 92.9 cm³/mol. The Bertz CT molecular complexity index is 1010. The number of sulfone groups is 1. The Hall–Kier alpha value is -2.41. The third kappa shape index (κ3) is 3.12. The first kappa shape index (κ1) is 16.4. The van der Waals surface area contributed by atoms with Crippen molar-refractivity contribution in [1.29, 1.82) is 0 Å². The second-order valence-corrected chi connectivity index (χ2v) is 7.92. The van der Waals surface area contributed by atoms with Gasteiger partial charge in [0, 0.05) is 17.2 Å². The summed E-state index contributed by atoms with van der Waals surface area (Å²) < 4.78 is 29.2. The zero-order valence-corrected chi connectivity index (χ0v) is 14.8. The summed E-state index contributed by atoms with van der Waals surface area (Å²) in [5.74, 6) is 2.29. The molecule has 0 radical (unpaired) electrons. The van der Waals surface area contributed by atoms with Crippen molar-refractivity contribution in [2.45, 2.75) is 31.7 Å². The number of hydrogen-bond acceptors (Lipinski definition) is 6. The van der Waals surface area contributed by atoms with Crippen LogP contribution in [0.5, 0.6) is 0 Å². The van der Waals surface area contributed by atoms with Gasteiger partial charge in [-0.1, -0.05) is 0 Å². The van der Waals surface area contributed by atoms with Gasteiger partial charge in [0.1, 0.15) is 23.7 Å². The lowest BCUT2D eigenvalue weighted by Crippen LogP contribution is -2.09. The first-order valence-electron chi connectivity index (χ1n) is 7.54. The van der Waals surface area contributed by atoms with Gasteiger partial charge in [-0.15, -0.1) is 0 Å². The fourth-order valence-electron chi connectivity index (χ4n) is 2.74. The highest BCUT2D eigenvalue weighted by molar-refractivity contribution is 7.90. The van der Waals surface area contributed by atoms with E-state index in [0.717, 1.165) is 17.1 Å². The lowest BCUT2D eigenvalue weighted by Gasteiger charge is -2.15. The van der Waals surface area contributed by atoms with Crippen molar-refractivity contribution >= 4 is 26.6 Å². The standard InChI is InChI=1S/C17H19N3O3S/c1-10-7-14(12(3)23-10)11(2)20-17-15-8-13(24(4,21)22)5-6-16(15)18-9-19-17/h5-9,11H,1-4H3,(H,18,19,20). The molecule has 2 aromatic heterocycles. The lowest BCUT2D eigenvalue weighted by molar-refractivity contribution is 0.500. The number of hydrogen-bond donors (Lipinski definition) is 1. The van der Waals surface area contributed by atoms with Crippen LogP contribution in [0.2, 0.25) is 0 Å². The Morgan fingerprint density at radius 2 is 1.92 bits per heavy atom. The third-order valence-corrected chi connectivity index (χ3v) is 5.04. The fourth-order valence-corrected chi connectivity index (χ4v) is 3.39. The highest BCUT2D eigenvalue weighted by Gasteiger charge is 2.16. The normalized spacial score (nSPS) is 13.2. The molecular formula is C17H19N3O3S. The zero-order valence-electron chi connectivity index (χ0n) is 14.0. The maximum Gasteiger partial charge on any atom is 0.175 e. The third-order valence-electron chi connectivity index (χ3n) is 3.93. The first-order valence-corrected chi connectivity index (χ1v) is 9.43. The van der Waals surface area contributed by atoms with Gasteiger partial charge in [-0.2, -0.15) is 0 Å². The molecule has 3 rings (SSSR count). The van der Waals surface area contributed by atoms with Crippen LogP contribution in [-0.2, 0) is 9.84 Å². The molecule has 1 atom stereocenters. The average Bonchev–Trinajstić information content (AvgIpc) is 2.85. The minimum absolute atomic E-state index is 0.0394. The molecule has 0 saturated carbocycles. The monoisotopic (exact) mass is 345 g/mol. The van der Waals surface area contributed by atoms with Gasteiger partial charge in [-0.25, -0.2) is 18.4 Å². The molecule has 0 fully saturated rings. The van der Waals surface area contributed by atoms with E-state index in [-0.39, 0.29) is 10.9 Å². The molecular weight excluding hydrogens is 326 g/mol. The van der Waals surface area contributed by atoms with E-state index in [1.807, 2.05) is 26.8 Å². The Morgan fingerprint density at radius 3 is 2.54 bits per heavy atom. The molecule has 0 aliphatic heterocycles. The first-order chi connectivity index (χ1) is 11.3. The van der Waals surface area contributed by atoms with Gasteiger partial charge in [0.15, 0.2) is 9.84 Å². The van der Waals surface area contributed by atoms with Gasteiger partial charge in [0.25, 0.3) is 0 Å². The molecule has 1 N–H and O–H groups in total. The van der Waals surface area contributed by atoms with Gasteiger partial charge in [0.05, 0.1) is 16.5 Å². The molecule has 0 saturated heterocycles. The molecule has 0 spiro atoms. The minimum Gasteiger partial charge on any atom is -0.466 e. The molecule has 126 valence electrons. The Balaban J connectivity index is 2.04. The highest BCUT2D eigenvalue weighted by atomic mass is 32.2. The summed E-state index contributed by atoms with van der Waals surface area (Å²) in [4.78, 5) is 8.73. The van der Waals surface area contributed by atoms with E-state index in [4.69, 9.17) is 4.42 Å². The van der Waals surface area contributed by atoms with Gasteiger partial charge in [-0.05, 0) is 45.0 Å². The molecule has 0 bridgehead atoms. The van der Waals surface area contributed by atoms with Crippen molar-refractivity contribution in [2.24, 2.45) is 0 Å². The van der Waals surface area contributed by atoms with Crippen molar-refractivity contribution in [1.82, 2.24) is 9.97 Å². The molecule has 1 aromatic carbocycles. The maximum atomic E-state index is 11.8. The Morgan fingerprint density at radius 1 is 1.17 bits per heavy atom. The van der Waals surface area contributed by atoms with Crippen LogP contribution >= 0.6 is 0 Å². The summed E-state index contributed by atoms with van der Waals surface area (Å²) in [5.41, 5.74) is 1.73. The van der Waals surface area contributed by atoms with Gasteiger partial charge in [0.2, 0.25) is 0 Å². The van der Waals surface area contributed by atoms with E-state index in [1.54, 1.807) is 18.2 Å². The van der Waals surface area contributed by atoms with E-state index >= 15 is 0 Å². The van der Waals surface area contributed by atoms with Crippen molar-refractivity contribution in [3.63, 3.8) is 0 Å². The highest BCUT2D eigenvalue weighted by Crippen LogP contribution is 2.28. The molecule has 7 heteroatoms. The van der Waals surface area contributed by atoms with E-state index in [2.05, 4.69) is 15.3 Å². The van der Waals surface area contributed by atoms with Gasteiger partial charge in [-0.3, -0.25) is 0 Å². The summed E-state index contributed by atoms with van der Waals surface area (Å²) in [7, 11) is -3.29. The number of furan rings is 1. The Kier molecular flexibility index (Phi) is 4.04. The van der Waals surface area contributed by atoms with Crippen LogP contribution in [-0.4, -0.2) is 24.6 Å². The molecule has 0 amide bonds. The Labute approximate surface area is 140 Å². The van der Waals surface area contributed by atoms with Crippen LogP contribution in [0.4, 0.5) is 5.82 Å². The van der Waals surface area contributed by atoms with Crippen molar-refractivity contribution in [3.8, 4) is 0 Å². The summed E-state index contributed by atoms with van der Waals surface area (Å²) in [6, 6.07) is 6.80. The second kappa shape index (κ2) is 5.90. The minimum atomic E-state index is -3.29. The number of benzene rings is 1. The number of nitrogens with one attached hydrogen (secondary N) is 1. The SMILES string of the molecule is Cc1cc(C(C)Nc2ncnc3ccc(S(C)(=O)=O)cc23)c(C)o1. The smallest absolute Gasteiger partial charge is 0.175 e. The van der Waals surface area contributed by atoms with Crippen LogP contribution in [0.1, 0.15) is 30.0 Å². The van der Waals surface area contributed by atoms with Crippen LogP contribution in [0.3, 0.4) is 0 Å². The molecule has 3 aromatic rings. The maximum absolute atomic E-state index is 11.8. The van der Waals surface area contributed by atoms with E-state index in [9.17, 15) is 8.42 Å². The van der Waals surface area contributed by atoms with E-state index in [1.165, 1.54) is 12.6 Å².